The predicted octanol–water partition coefficient (Wildman–Crippen LogP) is 2.96. The van der Waals surface area contributed by atoms with Crippen LogP contribution in [0.5, 0.6) is 0 Å². The van der Waals surface area contributed by atoms with Crippen molar-refractivity contribution < 1.29 is 22.7 Å². The molecule has 0 aromatic heterocycles. The molecule has 2 N–H and O–H groups in total. The molecule has 1 unspecified atom stereocenters. The largest absolute Gasteiger partial charge is 0.453 e. The van der Waals surface area contributed by atoms with Gasteiger partial charge in [-0.05, 0) is 43.4 Å². The van der Waals surface area contributed by atoms with E-state index in [4.69, 9.17) is 0 Å². The molecule has 2 amide bonds. The van der Waals surface area contributed by atoms with Crippen molar-refractivity contribution in [2.75, 3.05) is 25.5 Å². The molecule has 0 radical (unpaired) electrons. The summed E-state index contributed by atoms with van der Waals surface area (Å²) in [6, 6.07) is 5.44. The van der Waals surface area contributed by atoms with Crippen LogP contribution in [-0.4, -0.2) is 51.0 Å². The molecule has 8 nitrogen and oxygen atoms in total. The Kier molecular flexibility index (Phi) is 8.45. The van der Waals surface area contributed by atoms with Crippen molar-refractivity contribution >= 4 is 27.7 Å². The second-order valence-corrected chi connectivity index (χ2v) is 9.59. The smallest absolute Gasteiger partial charge is 0.407 e. The SMILES string of the molecule is COC(=O)NC(CC(C)C)C(=O)Nc1cccc(S(=O)(=O)N2CCCCCC2)c1. The zero-order valence-electron chi connectivity index (χ0n) is 17.3. The first kappa shape index (κ1) is 23.2. The van der Waals surface area contributed by atoms with E-state index in [0.717, 1.165) is 25.7 Å². The van der Waals surface area contributed by atoms with E-state index in [1.54, 1.807) is 12.1 Å². The maximum Gasteiger partial charge on any atom is 0.407 e. The Morgan fingerprint density at radius 3 is 2.38 bits per heavy atom. The minimum absolute atomic E-state index is 0.151. The summed E-state index contributed by atoms with van der Waals surface area (Å²) in [5.41, 5.74) is 0.367. The van der Waals surface area contributed by atoms with Gasteiger partial charge in [0.25, 0.3) is 0 Å². The van der Waals surface area contributed by atoms with Crippen LogP contribution in [0.2, 0.25) is 0 Å². The Labute approximate surface area is 173 Å². The molecule has 162 valence electrons. The molecule has 29 heavy (non-hydrogen) atoms. The van der Waals surface area contributed by atoms with Crippen molar-refractivity contribution in [1.82, 2.24) is 9.62 Å². The molecule has 0 saturated carbocycles. The number of carbonyl (C=O) groups is 2. The van der Waals surface area contributed by atoms with Crippen LogP contribution in [0.3, 0.4) is 0 Å². The summed E-state index contributed by atoms with van der Waals surface area (Å²) in [5.74, 6) is -0.258. The van der Waals surface area contributed by atoms with Gasteiger partial charge < -0.3 is 15.4 Å². The summed E-state index contributed by atoms with van der Waals surface area (Å²) in [6.45, 7) is 4.90. The van der Waals surface area contributed by atoms with Crippen molar-refractivity contribution in [1.29, 1.82) is 0 Å². The zero-order chi connectivity index (χ0) is 21.4. The number of sulfonamides is 1. The van der Waals surface area contributed by atoms with E-state index in [-0.39, 0.29) is 10.8 Å². The number of methoxy groups -OCH3 is 1. The van der Waals surface area contributed by atoms with Crippen LogP contribution >= 0.6 is 0 Å². The first-order chi connectivity index (χ1) is 13.7. The average molecular weight is 426 g/mol. The summed E-state index contributed by atoms with van der Waals surface area (Å²) < 4.78 is 32.1. The van der Waals surface area contributed by atoms with Crippen molar-refractivity contribution in [2.45, 2.75) is 56.9 Å². The molecule has 1 atom stereocenters. The maximum absolute atomic E-state index is 13.0. The summed E-state index contributed by atoms with van der Waals surface area (Å²) in [5, 5.41) is 5.23. The molecule has 0 aliphatic carbocycles. The first-order valence-corrected chi connectivity index (χ1v) is 11.4. The van der Waals surface area contributed by atoms with Gasteiger partial charge in [-0.25, -0.2) is 13.2 Å². The van der Waals surface area contributed by atoms with Gasteiger partial charge in [0.15, 0.2) is 0 Å². The minimum atomic E-state index is -3.61. The van der Waals surface area contributed by atoms with E-state index in [9.17, 15) is 18.0 Å². The van der Waals surface area contributed by atoms with E-state index in [0.29, 0.717) is 25.2 Å². The van der Waals surface area contributed by atoms with Crippen molar-refractivity contribution in [3.05, 3.63) is 24.3 Å². The zero-order valence-corrected chi connectivity index (χ0v) is 18.1. The van der Waals surface area contributed by atoms with E-state index >= 15 is 0 Å². The number of ether oxygens (including phenoxy) is 1. The third-order valence-corrected chi connectivity index (χ3v) is 6.70. The van der Waals surface area contributed by atoms with Gasteiger partial charge >= 0.3 is 6.09 Å². The van der Waals surface area contributed by atoms with Gasteiger partial charge in [0, 0.05) is 18.8 Å². The van der Waals surface area contributed by atoms with E-state index in [1.165, 1.54) is 23.5 Å². The highest BCUT2D eigenvalue weighted by atomic mass is 32.2. The lowest BCUT2D eigenvalue weighted by atomic mass is 10.0. The number of carbonyl (C=O) groups excluding carboxylic acids is 2. The molecular formula is C20H31N3O5S. The molecule has 1 aromatic rings. The second-order valence-electron chi connectivity index (χ2n) is 7.65. The molecule has 1 saturated heterocycles. The fraction of sp³-hybridized carbons (Fsp3) is 0.600. The lowest BCUT2D eigenvalue weighted by Gasteiger charge is -2.21. The standard InChI is InChI=1S/C20H31N3O5S/c1-15(2)13-18(22-20(25)28-3)19(24)21-16-9-8-10-17(14-16)29(26,27)23-11-6-4-5-7-12-23/h8-10,14-15,18H,4-7,11-13H2,1-3H3,(H,21,24)(H,22,25). The van der Waals surface area contributed by atoms with Crippen LogP contribution in [0.25, 0.3) is 0 Å². The number of hydrogen-bond donors (Lipinski definition) is 2. The molecule has 1 fully saturated rings. The minimum Gasteiger partial charge on any atom is -0.453 e. The lowest BCUT2D eigenvalue weighted by Crippen LogP contribution is -2.44. The van der Waals surface area contributed by atoms with Crippen LogP contribution < -0.4 is 10.6 Å². The number of anilines is 1. The monoisotopic (exact) mass is 425 g/mol. The van der Waals surface area contributed by atoms with Crippen LogP contribution in [0, 0.1) is 5.92 Å². The summed E-state index contributed by atoms with van der Waals surface area (Å²) >= 11 is 0. The van der Waals surface area contributed by atoms with Gasteiger partial charge in [-0.3, -0.25) is 4.79 Å². The van der Waals surface area contributed by atoms with Gasteiger partial charge in [-0.15, -0.1) is 0 Å². The van der Waals surface area contributed by atoms with Crippen molar-refractivity contribution in [3.8, 4) is 0 Å². The fourth-order valence-corrected chi connectivity index (χ4v) is 4.86. The maximum atomic E-state index is 13.0. The Bertz CT molecular complexity index is 802. The van der Waals surface area contributed by atoms with Gasteiger partial charge in [0.05, 0.1) is 12.0 Å². The Balaban J connectivity index is 2.16. The molecule has 1 aliphatic heterocycles. The molecule has 0 bridgehead atoms. The van der Waals surface area contributed by atoms with Crippen LogP contribution in [-0.2, 0) is 19.6 Å². The number of benzene rings is 1. The van der Waals surface area contributed by atoms with Gasteiger partial charge in [0.1, 0.15) is 6.04 Å². The summed E-state index contributed by atoms with van der Waals surface area (Å²) in [7, 11) is -2.38. The highest BCUT2D eigenvalue weighted by molar-refractivity contribution is 7.89. The molecule has 1 heterocycles. The highest BCUT2D eigenvalue weighted by Crippen LogP contribution is 2.23. The molecule has 9 heteroatoms. The van der Waals surface area contributed by atoms with Crippen LogP contribution in [0.4, 0.5) is 10.5 Å². The number of rotatable bonds is 7. The second kappa shape index (κ2) is 10.6. The molecule has 0 spiro atoms. The average Bonchev–Trinajstić information content (AvgIpc) is 2.97. The number of hydrogen-bond acceptors (Lipinski definition) is 5. The number of nitrogens with zero attached hydrogens (tertiary/aromatic N) is 1. The van der Waals surface area contributed by atoms with E-state index < -0.39 is 28.1 Å². The summed E-state index contributed by atoms with van der Waals surface area (Å²) in [4.78, 5) is 24.4. The molecule has 1 aromatic carbocycles. The van der Waals surface area contributed by atoms with E-state index in [2.05, 4.69) is 15.4 Å². The Hall–Kier alpha value is -2.13. The van der Waals surface area contributed by atoms with Crippen molar-refractivity contribution in [2.24, 2.45) is 5.92 Å². The quantitative estimate of drug-likeness (QED) is 0.699. The molecular weight excluding hydrogens is 394 g/mol. The van der Waals surface area contributed by atoms with Crippen molar-refractivity contribution in [3.63, 3.8) is 0 Å². The normalized spacial score (nSPS) is 16.7. The Morgan fingerprint density at radius 2 is 1.79 bits per heavy atom. The summed E-state index contributed by atoms with van der Waals surface area (Å²) in [6.07, 6.45) is 3.51. The van der Waals surface area contributed by atoms with Gasteiger partial charge in [-0.2, -0.15) is 4.31 Å². The van der Waals surface area contributed by atoms with Crippen LogP contribution in [0.1, 0.15) is 46.0 Å². The number of nitrogens with one attached hydrogen (secondary N) is 2. The lowest BCUT2D eigenvalue weighted by molar-refractivity contribution is -0.118. The first-order valence-electron chi connectivity index (χ1n) is 9.99. The third-order valence-electron chi connectivity index (χ3n) is 4.81. The molecule has 1 aliphatic rings. The Morgan fingerprint density at radius 1 is 1.14 bits per heavy atom. The molecule has 2 rings (SSSR count). The third kappa shape index (κ3) is 6.71. The predicted molar refractivity (Wildman–Crippen MR) is 111 cm³/mol. The fourth-order valence-electron chi connectivity index (χ4n) is 3.30. The van der Waals surface area contributed by atoms with Gasteiger partial charge in [-0.1, -0.05) is 32.8 Å². The van der Waals surface area contributed by atoms with E-state index in [1.807, 2.05) is 13.8 Å². The van der Waals surface area contributed by atoms with Crippen LogP contribution in [0.15, 0.2) is 29.2 Å². The number of amides is 2. The highest BCUT2D eigenvalue weighted by Gasteiger charge is 2.26. The van der Waals surface area contributed by atoms with Gasteiger partial charge in [0.2, 0.25) is 15.9 Å². The topological polar surface area (TPSA) is 105 Å². The number of alkyl carbamates (subject to hydrolysis) is 1.